The Kier molecular flexibility index (Phi) is 5.48. The van der Waals surface area contributed by atoms with Crippen LogP contribution in [0.25, 0.3) is 28.0 Å². The van der Waals surface area contributed by atoms with Crippen LogP contribution < -0.4 is 9.47 Å². The van der Waals surface area contributed by atoms with E-state index in [0.29, 0.717) is 11.1 Å². The molecule has 4 rings (SSSR count). The highest BCUT2D eigenvalue weighted by molar-refractivity contribution is 7.90. The van der Waals surface area contributed by atoms with Crippen molar-refractivity contribution in [3.63, 3.8) is 0 Å². The summed E-state index contributed by atoms with van der Waals surface area (Å²) in [7, 11) is -0.671. The lowest BCUT2D eigenvalue weighted by Gasteiger charge is -2.14. The van der Waals surface area contributed by atoms with E-state index in [0.717, 1.165) is 10.9 Å². The molecule has 2 aromatic heterocycles. The summed E-state index contributed by atoms with van der Waals surface area (Å²) in [5, 5.41) is 3.85. The van der Waals surface area contributed by atoms with E-state index in [9.17, 15) is 21.6 Å². The highest BCUT2D eigenvalue weighted by atomic mass is 32.2. The van der Waals surface area contributed by atoms with Gasteiger partial charge in [0, 0.05) is 29.5 Å². The predicted octanol–water partition coefficient (Wildman–Crippen LogP) is 3.92. The van der Waals surface area contributed by atoms with Gasteiger partial charge in [0.15, 0.2) is 27.0 Å². The fourth-order valence-electron chi connectivity index (χ4n) is 3.24. The summed E-state index contributed by atoms with van der Waals surface area (Å²) in [5.74, 6) is 0.0433. The van der Waals surface area contributed by atoms with Crippen LogP contribution in [0.1, 0.15) is 5.69 Å². The highest BCUT2D eigenvalue weighted by Gasteiger charge is 2.36. The highest BCUT2D eigenvalue weighted by Crippen LogP contribution is 2.38. The third-order valence-electron chi connectivity index (χ3n) is 4.86. The number of benzene rings is 2. The summed E-state index contributed by atoms with van der Waals surface area (Å²) >= 11 is 0. The molecule has 4 aromatic rings. The van der Waals surface area contributed by atoms with Gasteiger partial charge >= 0.3 is 6.18 Å². The molecule has 0 saturated carbocycles. The topological polar surface area (TPSA) is 96.2 Å². The maximum Gasteiger partial charge on any atom is 0.434 e. The van der Waals surface area contributed by atoms with Crippen molar-refractivity contribution >= 4 is 20.7 Å². The molecule has 0 spiro atoms. The van der Waals surface area contributed by atoms with Crippen molar-refractivity contribution in [1.29, 1.82) is 0 Å². The van der Waals surface area contributed by atoms with E-state index in [4.69, 9.17) is 9.47 Å². The number of alkyl halides is 3. The number of aromatic nitrogens is 4. The van der Waals surface area contributed by atoms with Gasteiger partial charge < -0.3 is 9.47 Å². The van der Waals surface area contributed by atoms with E-state index in [2.05, 4.69) is 15.1 Å². The molecule has 0 saturated heterocycles. The molecule has 0 aliphatic carbocycles. The zero-order valence-electron chi connectivity index (χ0n) is 17.6. The number of hydrogen-bond donors (Lipinski definition) is 0. The Morgan fingerprint density at radius 2 is 1.58 bits per heavy atom. The molecular formula is C21H17F3N4O4S. The first-order valence-electron chi connectivity index (χ1n) is 9.38. The van der Waals surface area contributed by atoms with Crippen LogP contribution in [0, 0.1) is 0 Å². The molecule has 12 heteroatoms. The summed E-state index contributed by atoms with van der Waals surface area (Å²) in [4.78, 5) is 8.10. The molecule has 0 atom stereocenters. The lowest BCUT2D eigenvalue weighted by molar-refractivity contribution is -0.139. The van der Waals surface area contributed by atoms with Gasteiger partial charge in [-0.2, -0.15) is 18.3 Å². The van der Waals surface area contributed by atoms with Crippen molar-refractivity contribution in [3.05, 3.63) is 54.5 Å². The largest absolute Gasteiger partial charge is 0.493 e. The Bertz CT molecular complexity index is 1450. The lowest BCUT2D eigenvalue weighted by atomic mass is 10.1. The molecule has 0 fully saturated rings. The van der Waals surface area contributed by atoms with Gasteiger partial charge in [0.25, 0.3) is 5.95 Å². The number of methoxy groups -OCH3 is 2. The second kappa shape index (κ2) is 8.03. The molecule has 8 nitrogen and oxygen atoms in total. The molecule has 0 amide bonds. The molecule has 0 bridgehead atoms. The zero-order valence-corrected chi connectivity index (χ0v) is 18.4. The van der Waals surface area contributed by atoms with E-state index in [-0.39, 0.29) is 33.2 Å². The molecule has 0 aliphatic rings. The van der Waals surface area contributed by atoms with Crippen molar-refractivity contribution in [3.8, 4) is 28.6 Å². The van der Waals surface area contributed by atoms with Gasteiger partial charge in [-0.3, -0.25) is 0 Å². The van der Waals surface area contributed by atoms with E-state index >= 15 is 0 Å². The van der Waals surface area contributed by atoms with Gasteiger partial charge in [0.1, 0.15) is 0 Å². The fraction of sp³-hybridized carbons (Fsp3) is 0.190. The summed E-state index contributed by atoms with van der Waals surface area (Å²) in [6.45, 7) is 0. The first kappa shape index (κ1) is 22.5. The standard InChI is InChI=1S/C21H17F3N4O4S/c1-31-17-8-15-16(9-18(17)32-2)26-20(27-19(15)21(22,23)24)28-11-13(10-25-28)12-4-6-14(7-5-12)33(3,29)30/h4-11H,1-3H3. The maximum absolute atomic E-state index is 13.8. The lowest BCUT2D eigenvalue weighted by Crippen LogP contribution is -2.13. The predicted molar refractivity (Wildman–Crippen MR) is 113 cm³/mol. The van der Waals surface area contributed by atoms with Crippen molar-refractivity contribution in [2.45, 2.75) is 11.1 Å². The van der Waals surface area contributed by atoms with E-state index < -0.39 is 21.7 Å². The molecule has 172 valence electrons. The number of fused-ring (bicyclic) bond motifs is 1. The Balaban J connectivity index is 1.83. The third kappa shape index (κ3) is 4.33. The Hall–Kier alpha value is -3.67. The van der Waals surface area contributed by atoms with Crippen molar-refractivity contribution in [2.24, 2.45) is 0 Å². The van der Waals surface area contributed by atoms with Crippen LogP contribution in [0.4, 0.5) is 13.2 Å². The van der Waals surface area contributed by atoms with Gasteiger partial charge in [-0.15, -0.1) is 0 Å². The average Bonchev–Trinajstić information content (AvgIpc) is 3.26. The normalized spacial score (nSPS) is 12.2. The second-order valence-corrected chi connectivity index (χ2v) is 9.08. The summed E-state index contributed by atoms with van der Waals surface area (Å²) in [6.07, 6.45) is -0.782. The first-order valence-corrected chi connectivity index (χ1v) is 11.3. The molecule has 0 N–H and O–H groups in total. The number of nitrogens with zero attached hydrogens (tertiary/aromatic N) is 4. The first-order chi connectivity index (χ1) is 15.5. The SMILES string of the molecule is COc1cc2nc(-n3cc(-c4ccc(S(C)(=O)=O)cc4)cn3)nc(C(F)(F)F)c2cc1OC. The number of sulfone groups is 1. The molecule has 0 radical (unpaired) electrons. The van der Waals surface area contributed by atoms with Gasteiger partial charge in [-0.1, -0.05) is 12.1 Å². The summed E-state index contributed by atoms with van der Waals surface area (Å²) < 4.78 is 76.1. The molecule has 0 aliphatic heterocycles. The van der Waals surface area contributed by atoms with Gasteiger partial charge in [-0.25, -0.2) is 23.1 Å². The van der Waals surface area contributed by atoms with Crippen LogP contribution in [-0.4, -0.2) is 48.6 Å². The fourth-order valence-corrected chi connectivity index (χ4v) is 3.87. The van der Waals surface area contributed by atoms with Crippen molar-refractivity contribution < 1.29 is 31.1 Å². The van der Waals surface area contributed by atoms with Crippen molar-refractivity contribution in [1.82, 2.24) is 19.7 Å². The second-order valence-electron chi connectivity index (χ2n) is 7.06. The minimum Gasteiger partial charge on any atom is -0.493 e. The van der Waals surface area contributed by atoms with Gasteiger partial charge in [-0.05, 0) is 23.8 Å². The minimum atomic E-state index is -4.76. The maximum atomic E-state index is 13.8. The molecule has 0 unspecified atom stereocenters. The van der Waals surface area contributed by atoms with Crippen LogP contribution in [0.5, 0.6) is 11.5 Å². The van der Waals surface area contributed by atoms with E-state index in [1.54, 1.807) is 12.1 Å². The van der Waals surface area contributed by atoms with Crippen LogP contribution in [0.3, 0.4) is 0 Å². The zero-order chi connectivity index (χ0) is 24.0. The summed E-state index contributed by atoms with van der Waals surface area (Å²) in [6, 6.07) is 8.56. The van der Waals surface area contributed by atoms with Crippen molar-refractivity contribution in [2.75, 3.05) is 20.5 Å². The Morgan fingerprint density at radius 1 is 0.939 bits per heavy atom. The molecule has 33 heavy (non-hydrogen) atoms. The monoisotopic (exact) mass is 478 g/mol. The summed E-state index contributed by atoms with van der Waals surface area (Å²) in [5.41, 5.74) is 0.0223. The van der Waals surface area contributed by atoms with Gasteiger partial charge in [0.05, 0.1) is 30.8 Å². The number of rotatable bonds is 5. The number of ether oxygens (including phenoxy) is 2. The molecular weight excluding hydrogens is 461 g/mol. The Morgan fingerprint density at radius 3 is 2.15 bits per heavy atom. The van der Waals surface area contributed by atoms with Crippen LogP contribution >= 0.6 is 0 Å². The van der Waals surface area contributed by atoms with Crippen LogP contribution in [0.2, 0.25) is 0 Å². The van der Waals surface area contributed by atoms with Crippen LogP contribution in [0.15, 0.2) is 53.7 Å². The number of hydrogen-bond acceptors (Lipinski definition) is 7. The quantitative estimate of drug-likeness (QED) is 0.429. The molecule has 2 aromatic carbocycles. The average molecular weight is 478 g/mol. The van der Waals surface area contributed by atoms with E-state index in [1.807, 2.05) is 0 Å². The third-order valence-corrected chi connectivity index (χ3v) is 5.99. The number of halogens is 3. The van der Waals surface area contributed by atoms with Gasteiger partial charge in [0.2, 0.25) is 0 Å². The van der Waals surface area contributed by atoms with Crippen LogP contribution in [-0.2, 0) is 16.0 Å². The minimum absolute atomic E-state index is 0.000435. The molecule has 2 heterocycles. The Labute approximate surface area is 186 Å². The van der Waals surface area contributed by atoms with E-state index in [1.165, 1.54) is 50.9 Å². The smallest absolute Gasteiger partial charge is 0.434 e.